The summed E-state index contributed by atoms with van der Waals surface area (Å²) in [6.07, 6.45) is 0.0160. The molecule has 0 heterocycles. The van der Waals surface area contributed by atoms with E-state index >= 15 is 0 Å². The summed E-state index contributed by atoms with van der Waals surface area (Å²) < 4.78 is 0. The van der Waals surface area contributed by atoms with Gasteiger partial charge in [-0.3, -0.25) is 4.79 Å². The van der Waals surface area contributed by atoms with Crippen LogP contribution < -0.4 is 10.6 Å². The minimum absolute atomic E-state index is 0.0160. The fraction of sp³-hybridized carbons (Fsp3) is 0.188. The summed E-state index contributed by atoms with van der Waals surface area (Å²) >= 11 is 0. The molecule has 4 heteroatoms. The third-order valence-electron chi connectivity index (χ3n) is 3.17. The topological polar surface area (TPSA) is 49.3 Å². The summed E-state index contributed by atoms with van der Waals surface area (Å²) in [5, 5.41) is 13.4. The Morgan fingerprint density at radius 2 is 2.00 bits per heavy atom. The second-order valence-corrected chi connectivity index (χ2v) is 5.52. The van der Waals surface area contributed by atoms with Crippen molar-refractivity contribution in [2.45, 2.75) is 20.3 Å². The van der Waals surface area contributed by atoms with Gasteiger partial charge < -0.3 is 10.4 Å². The number of anilines is 2. The first-order valence-corrected chi connectivity index (χ1v) is 6.98. The maximum atomic E-state index is 11.0. The van der Waals surface area contributed by atoms with Gasteiger partial charge in [-0.05, 0) is 36.3 Å². The Kier molecular flexibility index (Phi) is 4.41. The predicted octanol–water partition coefficient (Wildman–Crippen LogP) is 3.17. The van der Waals surface area contributed by atoms with Crippen LogP contribution in [0.25, 0.3) is 0 Å². The lowest BCUT2D eigenvalue weighted by molar-refractivity contribution is -0.136. The van der Waals surface area contributed by atoms with Gasteiger partial charge in [0.25, 0.3) is 0 Å². The summed E-state index contributed by atoms with van der Waals surface area (Å²) in [4.78, 5) is 11.0. The monoisotopic (exact) mass is 287 g/mol. The van der Waals surface area contributed by atoms with Crippen molar-refractivity contribution in [2.75, 3.05) is 5.32 Å². The fourth-order valence-electron chi connectivity index (χ4n) is 2.15. The van der Waals surface area contributed by atoms with Gasteiger partial charge in [0.1, 0.15) is 0 Å². The Morgan fingerprint density at radius 3 is 2.65 bits per heavy atom. The van der Waals surface area contributed by atoms with E-state index < -0.39 is 5.97 Å². The quantitative estimate of drug-likeness (QED) is 0.849. The van der Waals surface area contributed by atoms with E-state index in [0.717, 1.165) is 33.4 Å². The van der Waals surface area contributed by atoms with Crippen molar-refractivity contribution in [3.63, 3.8) is 0 Å². The van der Waals surface area contributed by atoms with Crippen molar-refractivity contribution in [1.29, 1.82) is 0 Å². The standard InChI is InChI=1S/C16H18NO2P/c1-10-6-7-13(12(8-10)9-15(18)19)17-16-11(2)4-3-5-14(16)20/h3-8,17H,9,20H2,1-2H3,(H,18,19). The van der Waals surface area contributed by atoms with Crippen LogP contribution in [-0.2, 0) is 11.2 Å². The molecular formula is C16H18NO2P. The molecule has 0 aromatic heterocycles. The molecule has 0 amide bonds. The average Bonchev–Trinajstić information content (AvgIpc) is 2.35. The third-order valence-corrected chi connectivity index (χ3v) is 3.65. The van der Waals surface area contributed by atoms with Crippen LogP contribution in [0.5, 0.6) is 0 Å². The minimum Gasteiger partial charge on any atom is -0.481 e. The van der Waals surface area contributed by atoms with E-state index in [2.05, 4.69) is 14.6 Å². The fourth-order valence-corrected chi connectivity index (χ4v) is 2.56. The zero-order valence-electron chi connectivity index (χ0n) is 11.6. The molecule has 2 aromatic carbocycles. The molecule has 0 radical (unpaired) electrons. The normalized spacial score (nSPS) is 10.3. The van der Waals surface area contributed by atoms with Crippen molar-refractivity contribution in [3.05, 3.63) is 53.1 Å². The van der Waals surface area contributed by atoms with Crippen molar-refractivity contribution in [1.82, 2.24) is 0 Å². The Labute approximate surface area is 121 Å². The van der Waals surface area contributed by atoms with Gasteiger partial charge in [-0.2, -0.15) is 0 Å². The SMILES string of the molecule is Cc1ccc(Nc2c(C)cccc2P)c(CC(=O)O)c1. The second-order valence-electron chi connectivity index (χ2n) is 4.90. The highest BCUT2D eigenvalue weighted by Crippen LogP contribution is 2.25. The largest absolute Gasteiger partial charge is 0.481 e. The van der Waals surface area contributed by atoms with Crippen LogP contribution in [0.15, 0.2) is 36.4 Å². The molecule has 0 bridgehead atoms. The van der Waals surface area contributed by atoms with Crippen LogP contribution in [-0.4, -0.2) is 11.1 Å². The Bertz CT molecular complexity index is 633. The number of carboxylic acids is 1. The number of carbonyl (C=O) groups is 1. The average molecular weight is 287 g/mol. The summed E-state index contributed by atoms with van der Waals surface area (Å²) in [6.45, 7) is 3.99. The number of aryl methyl sites for hydroxylation is 2. The molecule has 20 heavy (non-hydrogen) atoms. The maximum Gasteiger partial charge on any atom is 0.307 e. The molecular weight excluding hydrogens is 269 g/mol. The summed E-state index contributed by atoms with van der Waals surface area (Å²) in [5.74, 6) is -0.825. The summed E-state index contributed by atoms with van der Waals surface area (Å²) in [6, 6.07) is 11.9. The molecule has 1 unspecified atom stereocenters. The molecule has 0 saturated carbocycles. The van der Waals surface area contributed by atoms with Gasteiger partial charge in [0.15, 0.2) is 0 Å². The molecule has 2 aromatic rings. The van der Waals surface area contributed by atoms with E-state index in [1.807, 2.05) is 50.2 Å². The molecule has 0 aliphatic rings. The van der Waals surface area contributed by atoms with Crippen molar-refractivity contribution in [2.24, 2.45) is 0 Å². The molecule has 3 nitrogen and oxygen atoms in total. The highest BCUT2D eigenvalue weighted by Gasteiger charge is 2.09. The molecule has 0 aliphatic heterocycles. The van der Waals surface area contributed by atoms with Crippen LogP contribution in [0.3, 0.4) is 0 Å². The molecule has 0 aliphatic carbocycles. The van der Waals surface area contributed by atoms with E-state index in [0.29, 0.717) is 0 Å². The first-order chi connectivity index (χ1) is 9.47. The van der Waals surface area contributed by atoms with Gasteiger partial charge in [-0.25, -0.2) is 0 Å². The van der Waals surface area contributed by atoms with Crippen LogP contribution in [0, 0.1) is 13.8 Å². The van der Waals surface area contributed by atoms with E-state index in [4.69, 9.17) is 5.11 Å². The predicted molar refractivity (Wildman–Crippen MR) is 86.3 cm³/mol. The third kappa shape index (κ3) is 3.37. The molecule has 0 fully saturated rings. The molecule has 104 valence electrons. The highest BCUT2D eigenvalue weighted by molar-refractivity contribution is 7.28. The second kappa shape index (κ2) is 6.06. The molecule has 2 N–H and O–H groups in total. The maximum absolute atomic E-state index is 11.0. The number of aliphatic carboxylic acids is 1. The lowest BCUT2D eigenvalue weighted by Crippen LogP contribution is -2.08. The molecule has 0 saturated heterocycles. The zero-order chi connectivity index (χ0) is 14.7. The molecule has 1 atom stereocenters. The van der Waals surface area contributed by atoms with Crippen molar-refractivity contribution >= 4 is 31.9 Å². The zero-order valence-corrected chi connectivity index (χ0v) is 12.8. The van der Waals surface area contributed by atoms with Gasteiger partial charge in [0.05, 0.1) is 6.42 Å². The van der Waals surface area contributed by atoms with E-state index in [-0.39, 0.29) is 6.42 Å². The van der Waals surface area contributed by atoms with Crippen molar-refractivity contribution in [3.8, 4) is 0 Å². The number of carboxylic acid groups (broad SMARTS) is 1. The minimum atomic E-state index is -0.825. The number of para-hydroxylation sites is 1. The molecule has 2 rings (SSSR count). The summed E-state index contributed by atoms with van der Waals surface area (Å²) in [5.41, 5.74) is 4.83. The smallest absolute Gasteiger partial charge is 0.307 e. The Balaban J connectivity index is 2.40. The highest BCUT2D eigenvalue weighted by atomic mass is 31.0. The Hall–Kier alpha value is -1.86. The number of nitrogens with one attached hydrogen (secondary N) is 1. The van der Waals surface area contributed by atoms with Gasteiger partial charge in [-0.1, -0.05) is 35.9 Å². The number of hydrogen-bond acceptors (Lipinski definition) is 2. The Morgan fingerprint density at radius 1 is 1.25 bits per heavy atom. The van der Waals surface area contributed by atoms with Gasteiger partial charge in [-0.15, -0.1) is 9.24 Å². The van der Waals surface area contributed by atoms with Crippen LogP contribution in [0.2, 0.25) is 0 Å². The number of benzene rings is 2. The van der Waals surface area contributed by atoms with E-state index in [1.54, 1.807) is 0 Å². The number of hydrogen-bond donors (Lipinski definition) is 2. The van der Waals surface area contributed by atoms with E-state index in [1.165, 1.54) is 0 Å². The lowest BCUT2D eigenvalue weighted by atomic mass is 10.1. The van der Waals surface area contributed by atoms with Crippen LogP contribution in [0.4, 0.5) is 11.4 Å². The van der Waals surface area contributed by atoms with Crippen LogP contribution in [0.1, 0.15) is 16.7 Å². The first kappa shape index (κ1) is 14.5. The van der Waals surface area contributed by atoms with Gasteiger partial charge in [0, 0.05) is 11.4 Å². The summed E-state index contributed by atoms with van der Waals surface area (Å²) in [7, 11) is 2.70. The van der Waals surface area contributed by atoms with Crippen molar-refractivity contribution < 1.29 is 9.90 Å². The van der Waals surface area contributed by atoms with E-state index in [9.17, 15) is 4.79 Å². The molecule has 0 spiro atoms. The van der Waals surface area contributed by atoms with Gasteiger partial charge >= 0.3 is 5.97 Å². The number of rotatable bonds is 4. The lowest BCUT2D eigenvalue weighted by Gasteiger charge is -2.15. The van der Waals surface area contributed by atoms with Crippen LogP contribution >= 0.6 is 9.24 Å². The first-order valence-electron chi connectivity index (χ1n) is 6.41. The van der Waals surface area contributed by atoms with Gasteiger partial charge in [0.2, 0.25) is 0 Å².